The van der Waals surface area contributed by atoms with Crippen LogP contribution in [0.5, 0.6) is 0 Å². The van der Waals surface area contributed by atoms with Crippen molar-refractivity contribution in [1.82, 2.24) is 20.2 Å². The summed E-state index contributed by atoms with van der Waals surface area (Å²) in [6.45, 7) is 1.08. The maximum atomic E-state index is 9.00. The molecule has 4 aromatic rings. The van der Waals surface area contributed by atoms with Crippen molar-refractivity contribution in [3.05, 3.63) is 59.9 Å². The summed E-state index contributed by atoms with van der Waals surface area (Å²) < 4.78 is 0. The van der Waals surface area contributed by atoms with E-state index in [1.807, 2.05) is 36.4 Å². The molecule has 0 bridgehead atoms. The van der Waals surface area contributed by atoms with Gasteiger partial charge < -0.3 is 16.2 Å². The first-order valence-corrected chi connectivity index (χ1v) is 8.58. The standard InChI is InChI=1S/C17H13ClN6.C2H4O2/c18-12-3-1-10(2-4-12)14-8-13(7-11-9-21-24-16(11)14)22-15-5-6-20-17(19)23-15;1-2(3)4/h1-9H,(H,21,24)(H3,19,20,22,23);1H3,(H,3,4). The van der Waals surface area contributed by atoms with Gasteiger partial charge in [-0.25, -0.2) is 4.98 Å². The van der Waals surface area contributed by atoms with E-state index in [0.717, 1.165) is 34.6 Å². The monoisotopic (exact) mass is 396 g/mol. The number of nitrogen functional groups attached to an aromatic ring is 1. The molecular formula is C19H17ClN6O2. The van der Waals surface area contributed by atoms with Crippen LogP contribution >= 0.6 is 11.6 Å². The molecule has 0 aliphatic rings. The van der Waals surface area contributed by atoms with Crippen LogP contribution in [-0.2, 0) is 4.79 Å². The average molecular weight is 397 g/mol. The Morgan fingerprint density at radius 1 is 1.21 bits per heavy atom. The summed E-state index contributed by atoms with van der Waals surface area (Å²) in [6, 6.07) is 13.5. The predicted molar refractivity (Wildman–Crippen MR) is 110 cm³/mol. The van der Waals surface area contributed by atoms with Crippen LogP contribution in [0.15, 0.2) is 54.9 Å². The maximum absolute atomic E-state index is 9.00. The number of anilines is 3. The van der Waals surface area contributed by atoms with Crippen molar-refractivity contribution < 1.29 is 9.90 Å². The van der Waals surface area contributed by atoms with Crippen LogP contribution in [0.4, 0.5) is 17.5 Å². The largest absolute Gasteiger partial charge is 0.481 e. The van der Waals surface area contributed by atoms with E-state index in [2.05, 4.69) is 25.5 Å². The molecule has 0 unspecified atom stereocenters. The lowest BCUT2D eigenvalue weighted by Gasteiger charge is -2.10. The Labute approximate surface area is 165 Å². The van der Waals surface area contributed by atoms with Gasteiger partial charge in [0.25, 0.3) is 5.97 Å². The SMILES string of the molecule is CC(=O)O.Nc1nccc(Nc2cc(-c3ccc(Cl)cc3)c3[nH]ncc3c2)n1. The average Bonchev–Trinajstić information content (AvgIpc) is 3.10. The molecule has 0 aliphatic carbocycles. The zero-order valence-electron chi connectivity index (χ0n) is 14.8. The Hall–Kier alpha value is -3.65. The van der Waals surface area contributed by atoms with E-state index < -0.39 is 5.97 Å². The highest BCUT2D eigenvalue weighted by Crippen LogP contribution is 2.32. The number of aliphatic carboxylic acids is 1. The normalized spacial score (nSPS) is 10.2. The maximum Gasteiger partial charge on any atom is 0.300 e. The molecule has 8 nitrogen and oxygen atoms in total. The quantitative estimate of drug-likeness (QED) is 0.410. The van der Waals surface area contributed by atoms with Gasteiger partial charge in [-0.1, -0.05) is 23.7 Å². The van der Waals surface area contributed by atoms with Crippen molar-refractivity contribution >= 4 is 45.9 Å². The van der Waals surface area contributed by atoms with Crippen molar-refractivity contribution in [3.8, 4) is 11.1 Å². The third-order valence-corrected chi connectivity index (χ3v) is 3.90. The highest BCUT2D eigenvalue weighted by atomic mass is 35.5. The lowest BCUT2D eigenvalue weighted by atomic mass is 10.0. The Kier molecular flexibility index (Phi) is 5.71. The van der Waals surface area contributed by atoms with Crippen LogP contribution in [0.1, 0.15) is 6.92 Å². The molecule has 2 aromatic carbocycles. The van der Waals surface area contributed by atoms with Gasteiger partial charge in [-0.3, -0.25) is 9.89 Å². The molecule has 0 radical (unpaired) electrons. The van der Waals surface area contributed by atoms with Crippen molar-refractivity contribution in [2.24, 2.45) is 0 Å². The number of benzene rings is 2. The summed E-state index contributed by atoms with van der Waals surface area (Å²) in [4.78, 5) is 17.1. The van der Waals surface area contributed by atoms with Gasteiger partial charge >= 0.3 is 0 Å². The molecule has 28 heavy (non-hydrogen) atoms. The fourth-order valence-corrected chi connectivity index (χ4v) is 2.70. The van der Waals surface area contributed by atoms with Gasteiger partial charge in [0.15, 0.2) is 0 Å². The smallest absolute Gasteiger partial charge is 0.300 e. The highest BCUT2D eigenvalue weighted by molar-refractivity contribution is 6.30. The van der Waals surface area contributed by atoms with Crippen LogP contribution in [0, 0.1) is 0 Å². The molecule has 0 amide bonds. The Morgan fingerprint density at radius 3 is 2.61 bits per heavy atom. The van der Waals surface area contributed by atoms with E-state index in [9.17, 15) is 0 Å². The molecule has 2 heterocycles. The Morgan fingerprint density at radius 2 is 1.93 bits per heavy atom. The minimum Gasteiger partial charge on any atom is -0.481 e. The second-order valence-electron chi connectivity index (χ2n) is 5.81. The molecule has 0 saturated carbocycles. The summed E-state index contributed by atoms with van der Waals surface area (Å²) in [5.41, 5.74) is 9.54. The molecule has 4 rings (SSSR count). The van der Waals surface area contributed by atoms with Gasteiger partial charge in [0.2, 0.25) is 5.95 Å². The van der Waals surface area contributed by atoms with Crippen molar-refractivity contribution in [1.29, 1.82) is 0 Å². The minimum atomic E-state index is -0.833. The highest BCUT2D eigenvalue weighted by Gasteiger charge is 2.09. The lowest BCUT2D eigenvalue weighted by molar-refractivity contribution is -0.134. The van der Waals surface area contributed by atoms with E-state index >= 15 is 0 Å². The number of aromatic nitrogens is 4. The van der Waals surface area contributed by atoms with Crippen molar-refractivity contribution in [2.75, 3.05) is 11.1 Å². The number of carboxylic acids is 1. The number of hydrogen-bond acceptors (Lipinski definition) is 6. The second kappa shape index (κ2) is 8.36. The summed E-state index contributed by atoms with van der Waals surface area (Å²) >= 11 is 5.99. The van der Waals surface area contributed by atoms with Gasteiger partial charge in [-0.05, 0) is 35.9 Å². The number of nitrogens with one attached hydrogen (secondary N) is 2. The molecule has 142 valence electrons. The first-order chi connectivity index (χ1) is 13.4. The minimum absolute atomic E-state index is 0.224. The Balaban J connectivity index is 0.000000516. The molecule has 0 atom stereocenters. The number of nitrogens with zero attached hydrogens (tertiary/aromatic N) is 3. The third kappa shape index (κ3) is 4.74. The van der Waals surface area contributed by atoms with Gasteiger partial charge in [0.05, 0.1) is 11.7 Å². The summed E-state index contributed by atoms with van der Waals surface area (Å²) in [6.07, 6.45) is 3.40. The predicted octanol–water partition coefficient (Wildman–Crippen LogP) is 4.09. The fraction of sp³-hybridized carbons (Fsp3) is 0.0526. The first kappa shape index (κ1) is 19.1. The number of aromatic amines is 1. The summed E-state index contributed by atoms with van der Waals surface area (Å²) in [7, 11) is 0. The topological polar surface area (TPSA) is 130 Å². The van der Waals surface area contributed by atoms with Crippen LogP contribution in [0.25, 0.3) is 22.0 Å². The molecule has 2 aromatic heterocycles. The molecule has 0 aliphatic heterocycles. The Bertz CT molecular complexity index is 1110. The van der Waals surface area contributed by atoms with E-state index in [4.69, 9.17) is 27.2 Å². The number of carboxylic acid groups (broad SMARTS) is 1. The molecule has 0 fully saturated rings. The zero-order valence-corrected chi connectivity index (χ0v) is 15.6. The first-order valence-electron chi connectivity index (χ1n) is 8.20. The number of rotatable bonds is 3. The lowest BCUT2D eigenvalue weighted by Crippen LogP contribution is -1.99. The summed E-state index contributed by atoms with van der Waals surface area (Å²) in [5, 5.41) is 19.5. The van der Waals surface area contributed by atoms with E-state index in [-0.39, 0.29) is 5.95 Å². The van der Waals surface area contributed by atoms with E-state index in [0.29, 0.717) is 10.8 Å². The van der Waals surface area contributed by atoms with Gasteiger partial charge in [-0.2, -0.15) is 10.1 Å². The molecule has 0 saturated heterocycles. The number of nitrogens with two attached hydrogens (primary N) is 1. The third-order valence-electron chi connectivity index (χ3n) is 3.65. The number of carbonyl (C=O) groups is 1. The molecular weight excluding hydrogens is 380 g/mol. The van der Waals surface area contributed by atoms with Gasteiger partial charge in [0.1, 0.15) is 5.82 Å². The molecule has 0 spiro atoms. The summed E-state index contributed by atoms with van der Waals surface area (Å²) in [5.74, 6) is 0.0229. The number of fused-ring (bicyclic) bond motifs is 1. The zero-order chi connectivity index (χ0) is 20.1. The van der Waals surface area contributed by atoms with E-state index in [1.54, 1.807) is 18.5 Å². The number of halogens is 1. The molecule has 5 N–H and O–H groups in total. The number of H-pyrrole nitrogens is 1. The van der Waals surface area contributed by atoms with Crippen molar-refractivity contribution in [3.63, 3.8) is 0 Å². The second-order valence-corrected chi connectivity index (χ2v) is 6.25. The van der Waals surface area contributed by atoms with Gasteiger partial charge in [0, 0.05) is 34.8 Å². The van der Waals surface area contributed by atoms with Crippen LogP contribution < -0.4 is 11.1 Å². The molecule has 9 heteroatoms. The van der Waals surface area contributed by atoms with Crippen LogP contribution in [0.3, 0.4) is 0 Å². The van der Waals surface area contributed by atoms with Crippen molar-refractivity contribution in [2.45, 2.75) is 6.92 Å². The number of hydrogen-bond donors (Lipinski definition) is 4. The van der Waals surface area contributed by atoms with Gasteiger partial charge in [-0.15, -0.1) is 0 Å². The van der Waals surface area contributed by atoms with E-state index in [1.165, 1.54) is 0 Å². The fourth-order valence-electron chi connectivity index (χ4n) is 2.58. The van der Waals surface area contributed by atoms with Crippen LogP contribution in [0.2, 0.25) is 5.02 Å². The van der Waals surface area contributed by atoms with Crippen LogP contribution in [-0.4, -0.2) is 31.2 Å².